The van der Waals surface area contributed by atoms with E-state index in [4.69, 9.17) is 9.47 Å². The number of hydrogen-bond donors (Lipinski definition) is 2. The predicted octanol–water partition coefficient (Wildman–Crippen LogP) is 5.97. The Labute approximate surface area is 261 Å². The third-order valence-corrected chi connectivity index (χ3v) is 9.39. The van der Waals surface area contributed by atoms with Crippen molar-refractivity contribution in [1.29, 1.82) is 0 Å². The number of carbonyl (C=O) groups is 2. The van der Waals surface area contributed by atoms with Gasteiger partial charge in [-0.3, -0.25) is 14.4 Å². The van der Waals surface area contributed by atoms with Crippen LogP contribution in [0.5, 0.6) is 5.75 Å². The van der Waals surface area contributed by atoms with Crippen LogP contribution in [-0.4, -0.2) is 45.5 Å². The van der Waals surface area contributed by atoms with Gasteiger partial charge in [0.25, 0.3) is 15.9 Å². The first kappa shape index (κ1) is 32.0. The summed E-state index contributed by atoms with van der Waals surface area (Å²) >= 11 is 1.35. The zero-order valence-corrected chi connectivity index (χ0v) is 26.1. The van der Waals surface area contributed by atoms with E-state index in [1.807, 2.05) is 18.2 Å². The van der Waals surface area contributed by atoms with Gasteiger partial charge in [0, 0.05) is 24.5 Å². The molecule has 5 rings (SSSR count). The molecular weight excluding hydrogens is 610 g/mol. The van der Waals surface area contributed by atoms with E-state index < -0.39 is 21.9 Å². The first-order valence-corrected chi connectivity index (χ1v) is 15.7. The van der Waals surface area contributed by atoms with E-state index in [1.165, 1.54) is 48.3 Å². The van der Waals surface area contributed by atoms with Crippen LogP contribution in [0, 0.1) is 0 Å². The molecule has 0 radical (unpaired) electrons. The number of fused-ring (bicyclic) bond motifs is 1. The number of para-hydroxylation sites is 1. The molecule has 12 heteroatoms. The highest BCUT2D eigenvalue weighted by Crippen LogP contribution is 2.38. The first-order valence-electron chi connectivity index (χ1n) is 13.4. The molecule has 226 valence electrons. The second-order valence-electron chi connectivity index (χ2n) is 9.66. The Balaban J connectivity index is 0.00000423. The smallest absolute Gasteiger partial charge is 0.341 e. The number of carbonyl (C=O) groups excluding carboxylic acids is 2. The van der Waals surface area contributed by atoms with E-state index >= 15 is 0 Å². The van der Waals surface area contributed by atoms with Crippen LogP contribution in [0.3, 0.4) is 0 Å². The molecule has 0 spiro atoms. The van der Waals surface area contributed by atoms with Gasteiger partial charge in [-0.1, -0.05) is 42.5 Å². The second kappa shape index (κ2) is 14.0. The molecule has 1 aromatic heterocycles. The van der Waals surface area contributed by atoms with Crippen molar-refractivity contribution in [2.75, 3.05) is 30.3 Å². The lowest BCUT2D eigenvalue weighted by Crippen LogP contribution is -2.30. The average molecular weight is 642 g/mol. The number of rotatable bonds is 10. The lowest BCUT2D eigenvalue weighted by Gasteiger charge is -2.27. The van der Waals surface area contributed by atoms with Crippen LogP contribution in [-0.2, 0) is 34.3 Å². The number of sulfonamides is 1. The minimum Gasteiger partial charge on any atom is -0.497 e. The summed E-state index contributed by atoms with van der Waals surface area (Å²) in [6.45, 7) is 4.11. The van der Waals surface area contributed by atoms with Gasteiger partial charge >= 0.3 is 5.97 Å². The highest BCUT2D eigenvalue weighted by molar-refractivity contribution is 7.92. The highest BCUT2D eigenvalue weighted by atomic mass is 35.5. The minimum absolute atomic E-state index is 0. The van der Waals surface area contributed by atoms with Crippen molar-refractivity contribution in [2.45, 2.75) is 31.3 Å². The summed E-state index contributed by atoms with van der Waals surface area (Å²) in [5, 5.41) is 3.26. The van der Waals surface area contributed by atoms with Crippen LogP contribution in [0.2, 0.25) is 0 Å². The van der Waals surface area contributed by atoms with Gasteiger partial charge in [0.1, 0.15) is 10.8 Å². The van der Waals surface area contributed by atoms with Crippen LogP contribution in [0.4, 0.5) is 10.7 Å². The van der Waals surface area contributed by atoms with Crippen LogP contribution in [0.15, 0.2) is 83.8 Å². The number of amides is 1. The topological polar surface area (TPSA) is 114 Å². The number of anilines is 2. The third kappa shape index (κ3) is 7.37. The SMILES string of the molecule is CCOC(=O)c1c(NC(=O)c2ccccc2NS(=O)(=O)c2ccc(OC)cc2)sc2c1CCN(Cc1ccccc1)C2.Cl. The van der Waals surface area contributed by atoms with Gasteiger partial charge in [0.15, 0.2) is 0 Å². The summed E-state index contributed by atoms with van der Waals surface area (Å²) in [5.74, 6) is -0.517. The van der Waals surface area contributed by atoms with Gasteiger partial charge in [-0.2, -0.15) is 0 Å². The minimum atomic E-state index is -3.99. The summed E-state index contributed by atoms with van der Waals surface area (Å²) in [6.07, 6.45) is 0.640. The largest absolute Gasteiger partial charge is 0.497 e. The van der Waals surface area contributed by atoms with Crippen molar-refractivity contribution in [3.63, 3.8) is 0 Å². The number of esters is 1. The van der Waals surface area contributed by atoms with E-state index in [9.17, 15) is 18.0 Å². The number of methoxy groups -OCH3 is 1. The van der Waals surface area contributed by atoms with Crippen molar-refractivity contribution < 1.29 is 27.5 Å². The maximum atomic E-state index is 13.6. The van der Waals surface area contributed by atoms with Gasteiger partial charge in [0.2, 0.25) is 0 Å². The van der Waals surface area contributed by atoms with Crippen molar-refractivity contribution >= 4 is 56.3 Å². The Morgan fingerprint density at radius 3 is 2.37 bits per heavy atom. The first-order chi connectivity index (χ1) is 20.3. The summed E-state index contributed by atoms with van der Waals surface area (Å²) < 4.78 is 39.2. The molecule has 1 amide bonds. The van der Waals surface area contributed by atoms with Gasteiger partial charge in [-0.15, -0.1) is 23.7 Å². The zero-order valence-electron chi connectivity index (χ0n) is 23.7. The fourth-order valence-corrected chi connectivity index (χ4v) is 7.19. The monoisotopic (exact) mass is 641 g/mol. The Morgan fingerprint density at radius 2 is 1.67 bits per heavy atom. The molecule has 4 aromatic rings. The molecule has 0 atom stereocenters. The van der Waals surface area contributed by atoms with Crippen LogP contribution >= 0.6 is 23.7 Å². The van der Waals surface area contributed by atoms with Crippen LogP contribution in [0.1, 0.15) is 43.6 Å². The lowest BCUT2D eigenvalue weighted by molar-refractivity contribution is 0.0526. The third-order valence-electron chi connectivity index (χ3n) is 6.88. The molecule has 1 aliphatic rings. The Hall–Kier alpha value is -3.90. The molecule has 0 saturated carbocycles. The van der Waals surface area contributed by atoms with Crippen LogP contribution < -0.4 is 14.8 Å². The normalized spacial score (nSPS) is 12.9. The van der Waals surface area contributed by atoms with Crippen LogP contribution in [0.25, 0.3) is 0 Å². The Bertz CT molecular complexity index is 1690. The maximum Gasteiger partial charge on any atom is 0.341 e. The summed E-state index contributed by atoms with van der Waals surface area (Å²) in [5.41, 5.74) is 2.66. The lowest BCUT2D eigenvalue weighted by atomic mass is 10.0. The van der Waals surface area contributed by atoms with E-state index in [1.54, 1.807) is 31.2 Å². The number of hydrogen-bond acceptors (Lipinski definition) is 8. The van der Waals surface area contributed by atoms with E-state index in [0.717, 1.165) is 23.5 Å². The molecule has 0 aliphatic carbocycles. The number of nitrogens with one attached hydrogen (secondary N) is 2. The molecule has 1 aliphatic heterocycles. The quantitative estimate of drug-likeness (QED) is 0.205. The number of ether oxygens (including phenoxy) is 2. The van der Waals surface area contributed by atoms with Crippen molar-refractivity contribution in [3.05, 3.63) is 106 Å². The summed E-state index contributed by atoms with van der Waals surface area (Å²) in [6, 6.07) is 22.4. The molecule has 0 fully saturated rings. The zero-order chi connectivity index (χ0) is 29.7. The Kier molecular flexibility index (Phi) is 10.5. The molecular formula is C31H32ClN3O6S2. The van der Waals surface area contributed by atoms with Gasteiger partial charge in [-0.05, 0) is 60.9 Å². The number of thiophene rings is 1. The van der Waals surface area contributed by atoms with E-state index in [2.05, 4.69) is 27.1 Å². The molecule has 0 bridgehead atoms. The molecule has 43 heavy (non-hydrogen) atoms. The van der Waals surface area contributed by atoms with Gasteiger partial charge in [0.05, 0.1) is 35.4 Å². The maximum absolute atomic E-state index is 13.6. The van der Waals surface area contributed by atoms with Gasteiger partial charge < -0.3 is 14.8 Å². The summed E-state index contributed by atoms with van der Waals surface area (Å²) in [4.78, 5) is 30.0. The fraction of sp³-hybridized carbons (Fsp3) is 0.226. The number of nitrogens with zero attached hydrogens (tertiary/aromatic N) is 1. The molecule has 2 heterocycles. The average Bonchev–Trinajstić information content (AvgIpc) is 3.35. The predicted molar refractivity (Wildman–Crippen MR) is 170 cm³/mol. The number of benzene rings is 3. The van der Waals surface area contributed by atoms with E-state index in [-0.39, 0.29) is 35.2 Å². The molecule has 3 aromatic carbocycles. The van der Waals surface area contributed by atoms with Crippen molar-refractivity contribution in [2.24, 2.45) is 0 Å². The van der Waals surface area contributed by atoms with E-state index in [0.29, 0.717) is 29.3 Å². The molecule has 0 saturated heterocycles. The summed E-state index contributed by atoms with van der Waals surface area (Å²) in [7, 11) is -2.50. The highest BCUT2D eigenvalue weighted by Gasteiger charge is 2.30. The standard InChI is InChI=1S/C31H31N3O6S2.ClH/c1-3-40-31(36)28-25-17-18-34(19-21-9-5-4-6-10-21)20-27(25)41-30(28)32-29(35)24-11-7-8-12-26(24)33-42(37,38)23-15-13-22(39-2)14-16-23;/h4-16,33H,3,17-20H2,1-2H3,(H,32,35);1H. The molecule has 0 unspecified atom stereocenters. The number of halogens is 1. The van der Waals surface area contributed by atoms with Gasteiger partial charge in [-0.25, -0.2) is 13.2 Å². The second-order valence-corrected chi connectivity index (χ2v) is 12.4. The molecule has 9 nitrogen and oxygen atoms in total. The molecule has 2 N–H and O–H groups in total. The Morgan fingerprint density at radius 1 is 0.977 bits per heavy atom. The van der Waals surface area contributed by atoms with Crippen molar-refractivity contribution in [3.8, 4) is 5.75 Å². The van der Waals surface area contributed by atoms with Crippen molar-refractivity contribution in [1.82, 2.24) is 4.90 Å². The fourth-order valence-electron chi connectivity index (χ4n) is 4.84.